The molecule has 0 unspecified atom stereocenters. The summed E-state index contributed by atoms with van der Waals surface area (Å²) < 4.78 is 5.68. The molecule has 3 rings (SSSR count). The highest BCUT2D eigenvalue weighted by atomic mass is 16.5. The molecule has 0 aromatic heterocycles. The van der Waals surface area contributed by atoms with E-state index >= 15 is 0 Å². The Labute approximate surface area is 153 Å². The van der Waals surface area contributed by atoms with E-state index in [9.17, 15) is 9.59 Å². The second-order valence-electron chi connectivity index (χ2n) is 6.53. The molecule has 26 heavy (non-hydrogen) atoms. The molecular weight excluding hydrogens is 330 g/mol. The zero-order chi connectivity index (χ0) is 18.5. The first-order valence-corrected chi connectivity index (χ1v) is 8.91. The Balaban J connectivity index is 1.65. The largest absolute Gasteiger partial charge is 0.494 e. The number of fused-ring (bicyclic) bond motifs is 1. The fraction of sp³-hybridized carbons (Fsp3) is 0.333. The Morgan fingerprint density at radius 2 is 2.00 bits per heavy atom. The summed E-state index contributed by atoms with van der Waals surface area (Å²) in [6, 6.07) is 12.6. The number of ether oxygens (including phenoxy) is 1. The van der Waals surface area contributed by atoms with Crippen LogP contribution in [-0.2, 0) is 24.2 Å². The van der Waals surface area contributed by atoms with Crippen molar-refractivity contribution in [1.82, 2.24) is 4.90 Å². The van der Waals surface area contributed by atoms with Crippen LogP contribution in [0.5, 0.6) is 5.75 Å². The van der Waals surface area contributed by atoms with Crippen LogP contribution >= 0.6 is 0 Å². The summed E-state index contributed by atoms with van der Waals surface area (Å²) >= 11 is 0. The molecule has 0 spiro atoms. The molecule has 1 aliphatic heterocycles. The molecule has 1 aliphatic rings. The second-order valence-corrected chi connectivity index (χ2v) is 6.53. The van der Waals surface area contributed by atoms with E-state index in [1.807, 2.05) is 17.0 Å². The molecule has 5 nitrogen and oxygen atoms in total. The predicted octanol–water partition coefficient (Wildman–Crippen LogP) is 3.30. The molecule has 2 aromatic rings. The van der Waals surface area contributed by atoms with E-state index in [1.165, 1.54) is 11.6 Å². The van der Waals surface area contributed by atoms with Gasteiger partial charge in [0, 0.05) is 13.1 Å². The highest BCUT2D eigenvalue weighted by molar-refractivity contribution is 5.88. The molecule has 136 valence electrons. The fourth-order valence-corrected chi connectivity index (χ4v) is 3.15. The van der Waals surface area contributed by atoms with E-state index < -0.39 is 5.97 Å². The number of hydrogen-bond acceptors (Lipinski definition) is 3. The third-order valence-corrected chi connectivity index (χ3v) is 4.54. The van der Waals surface area contributed by atoms with Gasteiger partial charge in [-0.2, -0.15) is 0 Å². The molecule has 0 saturated carbocycles. The zero-order valence-electron chi connectivity index (χ0n) is 14.9. The van der Waals surface area contributed by atoms with Gasteiger partial charge in [-0.15, -0.1) is 0 Å². The zero-order valence-corrected chi connectivity index (χ0v) is 14.9. The van der Waals surface area contributed by atoms with Crippen LogP contribution in [0.1, 0.15) is 40.4 Å². The highest BCUT2D eigenvalue weighted by Gasteiger charge is 2.21. The van der Waals surface area contributed by atoms with Gasteiger partial charge < -0.3 is 14.7 Å². The molecule has 0 atom stereocenters. The molecule has 0 aliphatic carbocycles. The Hall–Kier alpha value is -2.82. The first-order valence-electron chi connectivity index (χ1n) is 8.91. The van der Waals surface area contributed by atoms with E-state index in [4.69, 9.17) is 9.84 Å². The number of hydrogen-bond donors (Lipinski definition) is 1. The van der Waals surface area contributed by atoms with Crippen molar-refractivity contribution < 1.29 is 19.4 Å². The van der Waals surface area contributed by atoms with Gasteiger partial charge in [-0.3, -0.25) is 4.79 Å². The minimum absolute atomic E-state index is 0.0181. The summed E-state index contributed by atoms with van der Waals surface area (Å²) in [4.78, 5) is 25.5. The molecule has 2 aromatic carbocycles. The van der Waals surface area contributed by atoms with Crippen LogP contribution in [0, 0.1) is 0 Å². The van der Waals surface area contributed by atoms with Crippen LogP contribution in [-0.4, -0.2) is 35.0 Å². The van der Waals surface area contributed by atoms with Crippen LogP contribution in [0.15, 0.2) is 42.5 Å². The van der Waals surface area contributed by atoms with E-state index in [1.54, 1.807) is 18.2 Å². The van der Waals surface area contributed by atoms with Crippen LogP contribution < -0.4 is 4.74 Å². The summed E-state index contributed by atoms with van der Waals surface area (Å²) in [5, 5.41) is 9.07. The van der Waals surface area contributed by atoms with Gasteiger partial charge in [-0.05, 0) is 53.8 Å². The van der Waals surface area contributed by atoms with Crippen LogP contribution in [0.3, 0.4) is 0 Å². The molecule has 1 amide bonds. The quantitative estimate of drug-likeness (QED) is 0.865. The van der Waals surface area contributed by atoms with Gasteiger partial charge in [-0.1, -0.05) is 25.1 Å². The van der Waals surface area contributed by atoms with Crippen molar-refractivity contribution in [3.05, 3.63) is 64.7 Å². The Morgan fingerprint density at radius 3 is 2.77 bits per heavy atom. The van der Waals surface area contributed by atoms with E-state index in [-0.39, 0.29) is 17.9 Å². The van der Waals surface area contributed by atoms with Gasteiger partial charge in [0.05, 0.1) is 18.6 Å². The summed E-state index contributed by atoms with van der Waals surface area (Å²) in [7, 11) is 0. The number of carbonyl (C=O) groups excluding carboxylic acids is 1. The van der Waals surface area contributed by atoms with Gasteiger partial charge in [0.25, 0.3) is 0 Å². The maximum Gasteiger partial charge on any atom is 0.335 e. The van der Waals surface area contributed by atoms with E-state index in [0.29, 0.717) is 19.7 Å². The maximum absolute atomic E-state index is 12.6. The molecule has 0 radical (unpaired) electrons. The van der Waals surface area contributed by atoms with E-state index in [0.717, 1.165) is 29.7 Å². The summed E-state index contributed by atoms with van der Waals surface area (Å²) in [6.07, 6.45) is 2.00. The lowest BCUT2D eigenvalue weighted by Crippen LogP contribution is -2.36. The number of aromatic carboxylic acids is 1. The van der Waals surface area contributed by atoms with Crippen LogP contribution in [0.4, 0.5) is 0 Å². The Kier molecular flexibility index (Phi) is 5.56. The lowest BCUT2D eigenvalue weighted by Gasteiger charge is -2.29. The van der Waals surface area contributed by atoms with Gasteiger partial charge in [0.1, 0.15) is 5.75 Å². The topological polar surface area (TPSA) is 66.8 Å². The fourth-order valence-electron chi connectivity index (χ4n) is 3.15. The van der Waals surface area contributed by atoms with Crippen LogP contribution in [0.25, 0.3) is 0 Å². The van der Waals surface area contributed by atoms with Crippen LogP contribution in [0.2, 0.25) is 0 Å². The first-order chi connectivity index (χ1) is 12.6. The van der Waals surface area contributed by atoms with Crippen molar-refractivity contribution in [2.75, 3.05) is 13.2 Å². The third-order valence-electron chi connectivity index (χ3n) is 4.54. The number of carboxylic acid groups (broad SMARTS) is 1. The lowest BCUT2D eigenvalue weighted by atomic mass is 9.98. The Morgan fingerprint density at radius 1 is 1.15 bits per heavy atom. The second kappa shape index (κ2) is 8.04. The average molecular weight is 353 g/mol. The molecule has 1 heterocycles. The molecule has 1 N–H and O–H groups in total. The maximum atomic E-state index is 12.6. The number of rotatable bonds is 6. The number of nitrogens with zero attached hydrogens (tertiary/aromatic N) is 1. The van der Waals surface area contributed by atoms with Crippen molar-refractivity contribution in [1.29, 1.82) is 0 Å². The van der Waals surface area contributed by atoms with Gasteiger partial charge in [0.15, 0.2) is 0 Å². The smallest absolute Gasteiger partial charge is 0.335 e. The molecule has 0 saturated heterocycles. The molecule has 0 bridgehead atoms. The molecule has 0 fully saturated rings. The number of benzene rings is 2. The monoisotopic (exact) mass is 353 g/mol. The van der Waals surface area contributed by atoms with Gasteiger partial charge in [-0.25, -0.2) is 4.79 Å². The van der Waals surface area contributed by atoms with Crippen molar-refractivity contribution in [3.8, 4) is 5.75 Å². The number of amides is 1. The minimum atomic E-state index is -0.979. The number of carbonyl (C=O) groups is 2. The SMILES string of the molecule is CCCOc1ccc2c(c1)CCN(C(=O)Cc1cccc(C(=O)O)c1)C2. The minimum Gasteiger partial charge on any atom is -0.494 e. The highest BCUT2D eigenvalue weighted by Crippen LogP contribution is 2.24. The van der Waals surface area contributed by atoms with Crippen molar-refractivity contribution in [3.63, 3.8) is 0 Å². The van der Waals surface area contributed by atoms with Gasteiger partial charge in [0.2, 0.25) is 5.91 Å². The average Bonchev–Trinajstić information content (AvgIpc) is 2.66. The predicted molar refractivity (Wildman–Crippen MR) is 98.5 cm³/mol. The number of carboxylic acids is 1. The summed E-state index contributed by atoms with van der Waals surface area (Å²) in [5.41, 5.74) is 3.31. The summed E-state index contributed by atoms with van der Waals surface area (Å²) in [6.45, 7) is 4.04. The standard InChI is InChI=1S/C21H23NO4/c1-2-10-26-19-7-6-18-14-22(9-8-16(18)13-19)20(23)12-15-4-3-5-17(11-15)21(24)25/h3-7,11,13H,2,8-10,12,14H2,1H3,(H,24,25). The van der Waals surface area contributed by atoms with E-state index in [2.05, 4.69) is 13.0 Å². The first kappa shape index (κ1) is 18.0. The third kappa shape index (κ3) is 4.23. The molecule has 5 heteroatoms. The van der Waals surface area contributed by atoms with Gasteiger partial charge >= 0.3 is 5.97 Å². The van der Waals surface area contributed by atoms with Crippen molar-refractivity contribution in [2.24, 2.45) is 0 Å². The van der Waals surface area contributed by atoms with Crippen molar-refractivity contribution in [2.45, 2.75) is 32.7 Å². The van der Waals surface area contributed by atoms with Crippen molar-refractivity contribution >= 4 is 11.9 Å². The lowest BCUT2D eigenvalue weighted by molar-refractivity contribution is -0.131. The Bertz CT molecular complexity index is 815. The summed E-state index contributed by atoms with van der Waals surface area (Å²) in [5.74, 6) is -0.0762. The molecular formula is C21H23NO4. The normalized spacial score (nSPS) is 13.2.